The largest absolute Gasteiger partial charge is 0.467 e. The Bertz CT molecular complexity index is 1110. The second-order valence-corrected chi connectivity index (χ2v) is 8.98. The molecule has 0 radical (unpaired) electrons. The molecule has 0 aliphatic carbocycles. The lowest BCUT2D eigenvalue weighted by molar-refractivity contribution is 0.142. The van der Waals surface area contributed by atoms with E-state index in [-0.39, 0.29) is 0 Å². The molecule has 0 bridgehead atoms. The van der Waals surface area contributed by atoms with Gasteiger partial charge in [0.25, 0.3) is 0 Å². The second-order valence-electron chi connectivity index (χ2n) is 7.99. The van der Waals surface area contributed by atoms with Gasteiger partial charge in [-0.3, -0.25) is 9.47 Å². The first-order valence-corrected chi connectivity index (χ1v) is 11.6. The monoisotopic (exact) mass is 448 g/mol. The maximum absolute atomic E-state index is 10.6. The van der Waals surface area contributed by atoms with E-state index in [1.165, 1.54) is 22.9 Å². The lowest BCUT2D eigenvalue weighted by atomic mass is 10.1. The van der Waals surface area contributed by atoms with E-state index in [0.717, 1.165) is 28.8 Å². The number of aromatic nitrogens is 3. The summed E-state index contributed by atoms with van der Waals surface area (Å²) in [6.07, 6.45) is 1.19. The third kappa shape index (κ3) is 5.88. The fourth-order valence-electron chi connectivity index (χ4n) is 3.64. The van der Waals surface area contributed by atoms with E-state index in [1.807, 2.05) is 49.5 Å². The van der Waals surface area contributed by atoms with Crippen LogP contribution in [0.15, 0.2) is 82.6 Å². The third-order valence-corrected chi connectivity index (χ3v) is 6.22. The van der Waals surface area contributed by atoms with Crippen molar-refractivity contribution in [3.05, 3.63) is 89.9 Å². The van der Waals surface area contributed by atoms with Crippen LogP contribution in [-0.2, 0) is 13.1 Å². The predicted octanol–water partition coefficient (Wildman–Crippen LogP) is 4.48. The van der Waals surface area contributed by atoms with Crippen molar-refractivity contribution in [2.45, 2.75) is 31.3 Å². The standard InChI is InChI=1S/C25H28N4O2S/c1-19-8-6-11-21(14-19)24-26-27-25(29(24)17-23-12-7-13-31-23)32-18-22(30)16-28(2)15-20-9-4-3-5-10-20/h3-14,22,30H,15-18H2,1-2H3. The van der Waals surface area contributed by atoms with Gasteiger partial charge in [0.2, 0.25) is 0 Å². The third-order valence-electron chi connectivity index (χ3n) is 5.11. The van der Waals surface area contributed by atoms with Crippen LogP contribution in [0.2, 0.25) is 0 Å². The zero-order valence-corrected chi connectivity index (χ0v) is 19.2. The van der Waals surface area contributed by atoms with Crippen LogP contribution in [0.25, 0.3) is 11.4 Å². The number of likely N-dealkylation sites (N-methyl/N-ethyl adjacent to an activating group) is 1. The summed E-state index contributed by atoms with van der Waals surface area (Å²) in [5.41, 5.74) is 3.41. The molecule has 32 heavy (non-hydrogen) atoms. The van der Waals surface area contributed by atoms with Gasteiger partial charge < -0.3 is 9.52 Å². The number of furan rings is 1. The van der Waals surface area contributed by atoms with E-state index in [2.05, 4.69) is 50.9 Å². The summed E-state index contributed by atoms with van der Waals surface area (Å²) in [5, 5.41) is 20.3. The molecule has 0 amide bonds. The summed E-state index contributed by atoms with van der Waals surface area (Å²) in [5.74, 6) is 2.16. The fraction of sp³-hybridized carbons (Fsp3) is 0.280. The highest BCUT2D eigenvalue weighted by atomic mass is 32.2. The summed E-state index contributed by atoms with van der Waals surface area (Å²) >= 11 is 1.52. The summed E-state index contributed by atoms with van der Waals surface area (Å²) < 4.78 is 7.62. The number of hydrogen-bond acceptors (Lipinski definition) is 6. The number of aliphatic hydroxyl groups excluding tert-OH is 1. The van der Waals surface area contributed by atoms with Crippen molar-refractivity contribution >= 4 is 11.8 Å². The quantitative estimate of drug-likeness (QED) is 0.361. The normalized spacial score (nSPS) is 12.4. The van der Waals surface area contributed by atoms with E-state index >= 15 is 0 Å². The van der Waals surface area contributed by atoms with Crippen LogP contribution in [0, 0.1) is 6.92 Å². The molecule has 0 saturated heterocycles. The van der Waals surface area contributed by atoms with Gasteiger partial charge in [0.1, 0.15) is 5.76 Å². The van der Waals surface area contributed by atoms with Crippen molar-refractivity contribution in [3.8, 4) is 11.4 Å². The first kappa shape index (κ1) is 22.3. The van der Waals surface area contributed by atoms with E-state index in [0.29, 0.717) is 18.8 Å². The molecule has 4 aromatic rings. The van der Waals surface area contributed by atoms with Crippen LogP contribution < -0.4 is 0 Å². The highest BCUT2D eigenvalue weighted by molar-refractivity contribution is 7.99. The maximum atomic E-state index is 10.6. The van der Waals surface area contributed by atoms with Gasteiger partial charge in [-0.2, -0.15) is 0 Å². The summed E-state index contributed by atoms with van der Waals surface area (Å²) in [6, 6.07) is 22.3. The predicted molar refractivity (Wildman–Crippen MR) is 128 cm³/mol. The van der Waals surface area contributed by atoms with Crippen molar-refractivity contribution in [1.29, 1.82) is 0 Å². The molecule has 166 valence electrons. The zero-order valence-electron chi connectivity index (χ0n) is 18.4. The Morgan fingerprint density at radius 3 is 2.66 bits per heavy atom. The summed E-state index contributed by atoms with van der Waals surface area (Å²) in [7, 11) is 2.02. The number of nitrogens with zero attached hydrogens (tertiary/aromatic N) is 4. The van der Waals surface area contributed by atoms with Gasteiger partial charge >= 0.3 is 0 Å². The number of rotatable bonds is 10. The lowest BCUT2D eigenvalue weighted by Crippen LogP contribution is -2.30. The molecule has 6 nitrogen and oxygen atoms in total. The summed E-state index contributed by atoms with van der Waals surface area (Å²) in [4.78, 5) is 2.13. The molecule has 0 fully saturated rings. The fourth-order valence-corrected chi connectivity index (χ4v) is 4.49. The highest BCUT2D eigenvalue weighted by Crippen LogP contribution is 2.26. The van der Waals surface area contributed by atoms with Gasteiger partial charge in [-0.15, -0.1) is 10.2 Å². The van der Waals surface area contributed by atoms with Gasteiger partial charge in [-0.05, 0) is 37.7 Å². The molecule has 2 heterocycles. The Hall–Kier alpha value is -2.87. The van der Waals surface area contributed by atoms with Crippen LogP contribution in [0.4, 0.5) is 0 Å². The van der Waals surface area contributed by atoms with Gasteiger partial charge in [-0.1, -0.05) is 65.9 Å². The molecule has 0 saturated carbocycles. The number of aliphatic hydroxyl groups is 1. The van der Waals surface area contributed by atoms with E-state index in [1.54, 1.807) is 6.26 Å². The lowest BCUT2D eigenvalue weighted by Gasteiger charge is -2.20. The van der Waals surface area contributed by atoms with Crippen LogP contribution in [0.1, 0.15) is 16.9 Å². The van der Waals surface area contributed by atoms with Gasteiger partial charge in [0, 0.05) is 24.4 Å². The van der Waals surface area contributed by atoms with Gasteiger partial charge in [0.15, 0.2) is 11.0 Å². The zero-order chi connectivity index (χ0) is 22.3. The number of benzene rings is 2. The minimum Gasteiger partial charge on any atom is -0.467 e. The molecule has 1 atom stereocenters. The number of hydrogen-bond donors (Lipinski definition) is 1. The van der Waals surface area contributed by atoms with Crippen LogP contribution in [0.3, 0.4) is 0 Å². The van der Waals surface area contributed by atoms with Crippen molar-refractivity contribution in [2.75, 3.05) is 19.3 Å². The van der Waals surface area contributed by atoms with Gasteiger partial charge in [0.05, 0.1) is 18.9 Å². The van der Waals surface area contributed by atoms with Crippen LogP contribution in [-0.4, -0.2) is 50.2 Å². The molecule has 0 aliphatic rings. The van der Waals surface area contributed by atoms with E-state index in [9.17, 15) is 5.11 Å². The smallest absolute Gasteiger partial charge is 0.192 e. The minimum atomic E-state index is -0.482. The highest BCUT2D eigenvalue weighted by Gasteiger charge is 2.18. The molecular weight excluding hydrogens is 420 g/mol. The number of thioether (sulfide) groups is 1. The van der Waals surface area contributed by atoms with Crippen LogP contribution in [0.5, 0.6) is 0 Å². The molecule has 0 spiro atoms. The Balaban J connectivity index is 1.44. The maximum Gasteiger partial charge on any atom is 0.192 e. The Morgan fingerprint density at radius 1 is 1.06 bits per heavy atom. The first-order chi connectivity index (χ1) is 15.6. The Morgan fingerprint density at radius 2 is 1.91 bits per heavy atom. The Kier molecular flexibility index (Phi) is 7.42. The molecule has 1 N–H and O–H groups in total. The topological polar surface area (TPSA) is 67.3 Å². The molecule has 4 rings (SSSR count). The second kappa shape index (κ2) is 10.6. The van der Waals surface area contributed by atoms with E-state index < -0.39 is 6.10 Å². The number of aryl methyl sites for hydroxylation is 1. The van der Waals surface area contributed by atoms with E-state index in [4.69, 9.17) is 4.42 Å². The molecule has 2 aromatic carbocycles. The molecule has 7 heteroatoms. The molecule has 0 aliphatic heterocycles. The Labute approximate surface area is 192 Å². The first-order valence-electron chi connectivity index (χ1n) is 10.6. The molecule has 1 unspecified atom stereocenters. The average molecular weight is 449 g/mol. The van der Waals surface area contributed by atoms with Gasteiger partial charge in [-0.25, -0.2) is 0 Å². The van der Waals surface area contributed by atoms with Crippen molar-refractivity contribution in [3.63, 3.8) is 0 Å². The molecular formula is C25H28N4O2S. The average Bonchev–Trinajstić information content (AvgIpc) is 3.43. The summed E-state index contributed by atoms with van der Waals surface area (Å²) in [6.45, 7) is 3.98. The van der Waals surface area contributed by atoms with Crippen molar-refractivity contribution < 1.29 is 9.52 Å². The SMILES string of the molecule is Cc1cccc(-c2nnc(SCC(O)CN(C)Cc3ccccc3)n2Cc2ccco2)c1. The van der Waals surface area contributed by atoms with Crippen molar-refractivity contribution in [1.82, 2.24) is 19.7 Å². The molecule has 2 aromatic heterocycles. The van der Waals surface area contributed by atoms with Crippen molar-refractivity contribution in [2.24, 2.45) is 0 Å². The van der Waals surface area contributed by atoms with Crippen LogP contribution >= 0.6 is 11.8 Å². The minimum absolute atomic E-state index is 0.482.